The summed E-state index contributed by atoms with van der Waals surface area (Å²) in [6.45, 7) is 5.32. The lowest BCUT2D eigenvalue weighted by Crippen LogP contribution is -2.30. The van der Waals surface area contributed by atoms with Gasteiger partial charge in [-0.1, -0.05) is 35.5 Å². The van der Waals surface area contributed by atoms with Gasteiger partial charge in [-0.05, 0) is 51.1 Å². The summed E-state index contributed by atoms with van der Waals surface area (Å²) in [6, 6.07) is 6.87. The van der Waals surface area contributed by atoms with Gasteiger partial charge >= 0.3 is 5.97 Å². The van der Waals surface area contributed by atoms with Gasteiger partial charge in [0.25, 0.3) is 5.91 Å². The number of hydrogen-bond acceptors (Lipinski definition) is 6. The van der Waals surface area contributed by atoms with E-state index in [9.17, 15) is 9.59 Å². The van der Waals surface area contributed by atoms with Crippen molar-refractivity contribution in [3.8, 4) is 0 Å². The van der Waals surface area contributed by atoms with Crippen molar-refractivity contribution in [1.29, 1.82) is 0 Å². The topological polar surface area (TPSA) is 81.2 Å². The number of ether oxygens (including phenoxy) is 1. The summed E-state index contributed by atoms with van der Waals surface area (Å²) < 4.78 is 5.23. The minimum absolute atomic E-state index is 0.146. The van der Waals surface area contributed by atoms with Crippen LogP contribution in [0.15, 0.2) is 29.4 Å². The number of aromatic nitrogens is 2. The van der Waals surface area contributed by atoms with Crippen LogP contribution in [0, 0.1) is 13.8 Å². The Labute approximate surface area is 168 Å². The van der Waals surface area contributed by atoms with Crippen LogP contribution >= 0.6 is 23.4 Å². The van der Waals surface area contributed by atoms with E-state index in [1.165, 1.54) is 18.7 Å². The number of hydrogen-bond donors (Lipinski definition) is 1. The third kappa shape index (κ3) is 5.94. The van der Waals surface area contributed by atoms with Gasteiger partial charge in [0.2, 0.25) is 0 Å². The van der Waals surface area contributed by atoms with Crippen LogP contribution in [0.25, 0.3) is 0 Å². The van der Waals surface area contributed by atoms with Crippen LogP contribution < -0.4 is 5.32 Å². The highest BCUT2D eigenvalue weighted by Crippen LogP contribution is 2.21. The zero-order chi connectivity index (χ0) is 20.0. The van der Waals surface area contributed by atoms with Crippen LogP contribution in [0.3, 0.4) is 0 Å². The van der Waals surface area contributed by atoms with Gasteiger partial charge in [0, 0.05) is 17.8 Å². The highest BCUT2D eigenvalue weighted by molar-refractivity contribution is 7.98. The van der Waals surface area contributed by atoms with E-state index in [4.69, 9.17) is 16.3 Å². The minimum atomic E-state index is -0.925. The number of amides is 1. The highest BCUT2D eigenvalue weighted by Gasteiger charge is 2.19. The summed E-state index contributed by atoms with van der Waals surface area (Å²) in [4.78, 5) is 33.1. The fraction of sp³-hybridized carbons (Fsp3) is 0.368. The zero-order valence-electron chi connectivity index (χ0n) is 15.7. The number of nitrogens with one attached hydrogen (secondary N) is 1. The number of carbonyl (C=O) groups excluding carboxylic acids is 2. The SMILES string of the molecule is CSc1nc(C)c(CCC(=O)O[C@H](C)C(=O)Nc2ccccc2Cl)c(C)n1. The van der Waals surface area contributed by atoms with E-state index in [2.05, 4.69) is 15.3 Å². The number of carbonyl (C=O) groups is 2. The molecule has 0 fully saturated rings. The standard InChI is InChI=1S/C19H22ClN3O3S/c1-11-14(12(2)22-19(21-11)27-4)9-10-17(24)26-13(3)18(25)23-16-8-6-5-7-15(16)20/h5-8,13H,9-10H2,1-4H3,(H,23,25)/t13-/m1/s1. The van der Waals surface area contributed by atoms with Crippen molar-refractivity contribution in [3.05, 3.63) is 46.2 Å². The Morgan fingerprint density at radius 2 is 1.85 bits per heavy atom. The Bertz CT molecular complexity index is 822. The first kappa shape index (κ1) is 21.2. The molecule has 0 radical (unpaired) electrons. The summed E-state index contributed by atoms with van der Waals surface area (Å²) in [5, 5.41) is 3.78. The lowest BCUT2D eigenvalue weighted by molar-refractivity contribution is -0.153. The predicted molar refractivity (Wildman–Crippen MR) is 107 cm³/mol. The van der Waals surface area contributed by atoms with Gasteiger partial charge in [-0.25, -0.2) is 9.97 Å². The van der Waals surface area contributed by atoms with Crippen molar-refractivity contribution < 1.29 is 14.3 Å². The number of thioether (sulfide) groups is 1. The van der Waals surface area contributed by atoms with Crippen molar-refractivity contribution in [2.75, 3.05) is 11.6 Å². The second-order valence-electron chi connectivity index (χ2n) is 5.96. The number of aryl methyl sites for hydroxylation is 2. The van der Waals surface area contributed by atoms with Gasteiger partial charge in [0.05, 0.1) is 10.7 Å². The molecule has 0 aliphatic carbocycles. The Hall–Kier alpha value is -2.12. The van der Waals surface area contributed by atoms with Gasteiger partial charge in [0.1, 0.15) is 0 Å². The average molecular weight is 408 g/mol. The van der Waals surface area contributed by atoms with Crippen molar-refractivity contribution in [1.82, 2.24) is 9.97 Å². The number of anilines is 1. The number of rotatable bonds is 7. The second kappa shape index (κ2) is 9.71. The minimum Gasteiger partial charge on any atom is -0.453 e. The first-order chi connectivity index (χ1) is 12.8. The molecule has 1 N–H and O–H groups in total. The van der Waals surface area contributed by atoms with E-state index in [0.29, 0.717) is 22.3 Å². The fourth-order valence-corrected chi connectivity index (χ4v) is 3.13. The second-order valence-corrected chi connectivity index (χ2v) is 7.14. The smallest absolute Gasteiger partial charge is 0.306 e. The summed E-state index contributed by atoms with van der Waals surface area (Å²) in [5.74, 6) is -0.888. The van der Waals surface area contributed by atoms with Crippen molar-refractivity contribution in [2.45, 2.75) is 44.9 Å². The molecule has 0 spiro atoms. The van der Waals surface area contributed by atoms with Gasteiger partial charge in [0.15, 0.2) is 11.3 Å². The number of para-hydroxylation sites is 1. The lowest BCUT2D eigenvalue weighted by atomic mass is 10.1. The van der Waals surface area contributed by atoms with E-state index < -0.39 is 18.0 Å². The molecule has 27 heavy (non-hydrogen) atoms. The molecule has 0 aliphatic heterocycles. The molecule has 6 nitrogen and oxygen atoms in total. The predicted octanol–water partition coefficient (Wildman–Crippen LogP) is 3.97. The van der Waals surface area contributed by atoms with Crippen LogP contribution in [0.5, 0.6) is 0 Å². The molecule has 0 unspecified atom stereocenters. The fourth-order valence-electron chi connectivity index (χ4n) is 2.50. The maximum atomic E-state index is 12.2. The molecule has 0 saturated carbocycles. The maximum Gasteiger partial charge on any atom is 0.306 e. The summed E-state index contributed by atoms with van der Waals surface area (Å²) in [6.07, 6.45) is 1.60. The number of benzene rings is 1. The van der Waals surface area contributed by atoms with Gasteiger partial charge in [-0.15, -0.1) is 0 Å². The van der Waals surface area contributed by atoms with Gasteiger partial charge < -0.3 is 10.1 Å². The van der Waals surface area contributed by atoms with E-state index in [0.717, 1.165) is 17.0 Å². The average Bonchev–Trinajstić information content (AvgIpc) is 2.62. The van der Waals surface area contributed by atoms with Gasteiger partial charge in [-0.3, -0.25) is 9.59 Å². The quantitative estimate of drug-likeness (QED) is 0.425. The number of halogens is 1. The Kier molecular flexibility index (Phi) is 7.62. The third-order valence-corrected chi connectivity index (χ3v) is 4.85. The molecule has 1 aromatic heterocycles. The number of nitrogens with zero attached hydrogens (tertiary/aromatic N) is 2. The largest absolute Gasteiger partial charge is 0.453 e. The molecule has 1 aromatic carbocycles. The summed E-state index contributed by atoms with van der Waals surface area (Å²) in [5.41, 5.74) is 3.11. The lowest BCUT2D eigenvalue weighted by Gasteiger charge is -2.15. The zero-order valence-corrected chi connectivity index (χ0v) is 17.3. The van der Waals surface area contributed by atoms with Crippen LogP contribution in [-0.4, -0.2) is 34.2 Å². The van der Waals surface area contributed by atoms with Crippen molar-refractivity contribution in [2.24, 2.45) is 0 Å². The molecular formula is C19H22ClN3O3S. The van der Waals surface area contributed by atoms with Crippen LogP contribution in [-0.2, 0) is 20.7 Å². The van der Waals surface area contributed by atoms with E-state index in [1.807, 2.05) is 20.1 Å². The molecule has 144 valence electrons. The molecule has 0 saturated heterocycles. The van der Waals surface area contributed by atoms with Crippen molar-refractivity contribution in [3.63, 3.8) is 0 Å². The molecule has 0 bridgehead atoms. The Morgan fingerprint density at radius 3 is 2.44 bits per heavy atom. The monoisotopic (exact) mass is 407 g/mol. The molecule has 1 amide bonds. The normalized spacial score (nSPS) is 11.7. The van der Waals surface area contributed by atoms with Crippen LogP contribution in [0.2, 0.25) is 5.02 Å². The van der Waals surface area contributed by atoms with Crippen molar-refractivity contribution >= 4 is 40.9 Å². The van der Waals surface area contributed by atoms with Gasteiger partial charge in [-0.2, -0.15) is 0 Å². The van der Waals surface area contributed by atoms with E-state index in [1.54, 1.807) is 24.3 Å². The van der Waals surface area contributed by atoms with E-state index >= 15 is 0 Å². The molecular weight excluding hydrogens is 386 g/mol. The highest BCUT2D eigenvalue weighted by atomic mass is 35.5. The number of esters is 1. The maximum absolute atomic E-state index is 12.2. The molecule has 2 rings (SSSR count). The van der Waals surface area contributed by atoms with Crippen LogP contribution in [0.1, 0.15) is 30.3 Å². The molecule has 1 heterocycles. The Morgan fingerprint density at radius 1 is 1.22 bits per heavy atom. The molecule has 1 atom stereocenters. The van der Waals surface area contributed by atoms with E-state index in [-0.39, 0.29) is 6.42 Å². The third-order valence-electron chi connectivity index (χ3n) is 3.97. The first-order valence-electron chi connectivity index (χ1n) is 8.44. The van der Waals surface area contributed by atoms with Crippen LogP contribution in [0.4, 0.5) is 5.69 Å². The molecule has 2 aromatic rings. The first-order valence-corrected chi connectivity index (χ1v) is 10.0. The summed E-state index contributed by atoms with van der Waals surface area (Å²) >= 11 is 7.49. The summed E-state index contributed by atoms with van der Waals surface area (Å²) in [7, 11) is 0. The molecule has 0 aliphatic rings. The molecule has 8 heteroatoms. The Balaban J connectivity index is 1.90.